The number of nitrogens with one attached hydrogen (secondary N) is 1. The second-order valence-electron chi connectivity index (χ2n) is 3.16. The molecular formula is C9H14N2O2. The molecule has 0 unspecified atom stereocenters. The van der Waals surface area contributed by atoms with Crippen LogP contribution in [0.4, 0.5) is 0 Å². The highest BCUT2D eigenvalue weighted by Gasteiger charge is 2.12. The number of rotatable bonds is 3. The molecule has 0 atom stereocenters. The molecule has 0 aliphatic rings. The molecule has 0 fully saturated rings. The van der Waals surface area contributed by atoms with E-state index in [-0.39, 0.29) is 17.7 Å². The van der Waals surface area contributed by atoms with Crippen molar-refractivity contribution in [3.8, 4) is 0 Å². The van der Waals surface area contributed by atoms with E-state index in [9.17, 15) is 4.79 Å². The molecule has 0 bridgehead atoms. The number of hydrogen-bond donors (Lipinski definition) is 1. The SMILES string of the molecule is CCc1cc(C(=O)NC(C)C)on1. The van der Waals surface area contributed by atoms with Crippen LogP contribution in [0.2, 0.25) is 0 Å². The molecule has 4 nitrogen and oxygen atoms in total. The zero-order chi connectivity index (χ0) is 9.84. The summed E-state index contributed by atoms with van der Waals surface area (Å²) in [7, 11) is 0. The molecule has 1 aromatic heterocycles. The first-order valence-corrected chi connectivity index (χ1v) is 4.40. The Bertz CT molecular complexity index is 292. The van der Waals surface area contributed by atoms with Crippen molar-refractivity contribution >= 4 is 5.91 Å². The van der Waals surface area contributed by atoms with Crippen LogP contribution in [-0.4, -0.2) is 17.1 Å². The van der Waals surface area contributed by atoms with Gasteiger partial charge in [-0.05, 0) is 20.3 Å². The fourth-order valence-electron chi connectivity index (χ4n) is 0.919. The van der Waals surface area contributed by atoms with Gasteiger partial charge in [0.05, 0.1) is 5.69 Å². The predicted octanol–water partition coefficient (Wildman–Crippen LogP) is 1.38. The number of amides is 1. The average Bonchev–Trinajstić information content (AvgIpc) is 2.50. The molecule has 0 aliphatic heterocycles. The van der Waals surface area contributed by atoms with Gasteiger partial charge < -0.3 is 9.84 Å². The van der Waals surface area contributed by atoms with Gasteiger partial charge in [-0.3, -0.25) is 4.79 Å². The Morgan fingerprint density at radius 2 is 2.38 bits per heavy atom. The van der Waals surface area contributed by atoms with Gasteiger partial charge in [0.15, 0.2) is 0 Å². The van der Waals surface area contributed by atoms with E-state index in [1.807, 2.05) is 20.8 Å². The topological polar surface area (TPSA) is 55.1 Å². The zero-order valence-electron chi connectivity index (χ0n) is 8.13. The first-order valence-electron chi connectivity index (χ1n) is 4.40. The van der Waals surface area contributed by atoms with E-state index in [4.69, 9.17) is 4.52 Å². The van der Waals surface area contributed by atoms with E-state index in [1.54, 1.807) is 6.07 Å². The van der Waals surface area contributed by atoms with Gasteiger partial charge in [-0.2, -0.15) is 0 Å². The van der Waals surface area contributed by atoms with E-state index >= 15 is 0 Å². The number of aromatic nitrogens is 1. The first-order chi connectivity index (χ1) is 6.13. The van der Waals surface area contributed by atoms with Gasteiger partial charge >= 0.3 is 0 Å². The smallest absolute Gasteiger partial charge is 0.290 e. The Hall–Kier alpha value is -1.32. The third-order valence-electron chi connectivity index (χ3n) is 1.56. The van der Waals surface area contributed by atoms with E-state index < -0.39 is 0 Å². The molecule has 0 aromatic carbocycles. The molecule has 72 valence electrons. The van der Waals surface area contributed by atoms with Crippen molar-refractivity contribution in [3.63, 3.8) is 0 Å². The van der Waals surface area contributed by atoms with Crippen molar-refractivity contribution in [3.05, 3.63) is 17.5 Å². The fraction of sp³-hybridized carbons (Fsp3) is 0.556. The van der Waals surface area contributed by atoms with Gasteiger partial charge in [0.2, 0.25) is 5.76 Å². The van der Waals surface area contributed by atoms with Crippen LogP contribution in [0, 0.1) is 0 Å². The zero-order valence-corrected chi connectivity index (χ0v) is 8.13. The maximum Gasteiger partial charge on any atom is 0.290 e. The van der Waals surface area contributed by atoms with Gasteiger partial charge in [0, 0.05) is 12.1 Å². The van der Waals surface area contributed by atoms with Crippen LogP contribution in [0.15, 0.2) is 10.6 Å². The van der Waals surface area contributed by atoms with E-state index in [0.717, 1.165) is 12.1 Å². The molecule has 1 aromatic rings. The summed E-state index contributed by atoms with van der Waals surface area (Å²) in [5.41, 5.74) is 0.800. The van der Waals surface area contributed by atoms with Crippen LogP contribution in [0.3, 0.4) is 0 Å². The summed E-state index contributed by atoms with van der Waals surface area (Å²) < 4.78 is 4.86. The summed E-state index contributed by atoms with van der Waals surface area (Å²) in [6.07, 6.45) is 0.776. The molecule has 1 N–H and O–H groups in total. The molecule has 0 saturated heterocycles. The maximum atomic E-state index is 11.3. The first kappa shape index (κ1) is 9.77. The lowest BCUT2D eigenvalue weighted by atomic mass is 10.3. The van der Waals surface area contributed by atoms with Gasteiger partial charge in [0.25, 0.3) is 5.91 Å². The molecule has 0 spiro atoms. The summed E-state index contributed by atoms with van der Waals surface area (Å²) in [5.74, 6) is 0.0766. The van der Waals surface area contributed by atoms with Crippen molar-refractivity contribution in [1.29, 1.82) is 0 Å². The second-order valence-corrected chi connectivity index (χ2v) is 3.16. The minimum absolute atomic E-state index is 0.114. The summed E-state index contributed by atoms with van der Waals surface area (Å²) in [5, 5.41) is 6.45. The van der Waals surface area contributed by atoms with Crippen LogP contribution in [0.1, 0.15) is 37.0 Å². The number of aryl methyl sites for hydroxylation is 1. The summed E-state index contributed by atoms with van der Waals surface area (Å²) in [4.78, 5) is 11.3. The summed E-state index contributed by atoms with van der Waals surface area (Å²) in [6.45, 7) is 5.76. The maximum absolute atomic E-state index is 11.3. The normalized spacial score (nSPS) is 10.5. The van der Waals surface area contributed by atoms with Crippen molar-refractivity contribution in [2.45, 2.75) is 33.2 Å². The Morgan fingerprint density at radius 1 is 1.69 bits per heavy atom. The lowest BCUT2D eigenvalue weighted by Crippen LogP contribution is -2.29. The molecule has 1 amide bonds. The Labute approximate surface area is 77.3 Å². The second kappa shape index (κ2) is 4.07. The summed E-state index contributed by atoms with van der Waals surface area (Å²) in [6, 6.07) is 1.78. The predicted molar refractivity (Wildman–Crippen MR) is 48.5 cm³/mol. The largest absolute Gasteiger partial charge is 0.351 e. The van der Waals surface area contributed by atoms with E-state index in [0.29, 0.717) is 0 Å². The Balaban J connectivity index is 2.66. The van der Waals surface area contributed by atoms with Crippen LogP contribution >= 0.6 is 0 Å². The summed E-state index contributed by atoms with van der Waals surface area (Å²) >= 11 is 0. The number of carbonyl (C=O) groups is 1. The van der Waals surface area contributed by atoms with Gasteiger partial charge in [-0.1, -0.05) is 12.1 Å². The van der Waals surface area contributed by atoms with Crippen molar-refractivity contribution in [2.75, 3.05) is 0 Å². The lowest BCUT2D eigenvalue weighted by molar-refractivity contribution is 0.0906. The van der Waals surface area contributed by atoms with Crippen LogP contribution < -0.4 is 5.32 Å². The van der Waals surface area contributed by atoms with Crippen LogP contribution in [0.25, 0.3) is 0 Å². The number of carbonyl (C=O) groups excluding carboxylic acids is 1. The number of nitrogens with zero attached hydrogens (tertiary/aromatic N) is 1. The molecule has 1 heterocycles. The van der Waals surface area contributed by atoms with Gasteiger partial charge in [-0.25, -0.2) is 0 Å². The molecule has 0 saturated carbocycles. The average molecular weight is 182 g/mol. The highest BCUT2D eigenvalue weighted by molar-refractivity contribution is 5.91. The third-order valence-corrected chi connectivity index (χ3v) is 1.56. The van der Waals surface area contributed by atoms with Crippen molar-refractivity contribution in [2.24, 2.45) is 0 Å². The minimum Gasteiger partial charge on any atom is -0.351 e. The Morgan fingerprint density at radius 3 is 2.85 bits per heavy atom. The van der Waals surface area contributed by atoms with Crippen molar-refractivity contribution in [1.82, 2.24) is 10.5 Å². The van der Waals surface area contributed by atoms with Gasteiger partial charge in [-0.15, -0.1) is 0 Å². The lowest BCUT2D eigenvalue weighted by Gasteiger charge is -2.04. The highest BCUT2D eigenvalue weighted by atomic mass is 16.5. The van der Waals surface area contributed by atoms with Crippen LogP contribution in [0.5, 0.6) is 0 Å². The minimum atomic E-state index is -0.206. The van der Waals surface area contributed by atoms with Gasteiger partial charge in [0.1, 0.15) is 0 Å². The molecular weight excluding hydrogens is 168 g/mol. The molecule has 1 rings (SSSR count). The molecule has 0 radical (unpaired) electrons. The van der Waals surface area contributed by atoms with Crippen molar-refractivity contribution < 1.29 is 9.32 Å². The molecule has 13 heavy (non-hydrogen) atoms. The quantitative estimate of drug-likeness (QED) is 0.768. The van der Waals surface area contributed by atoms with E-state index in [2.05, 4.69) is 10.5 Å². The standard InChI is InChI=1S/C9H14N2O2/c1-4-7-5-8(13-11-7)9(12)10-6(2)3/h5-6H,4H2,1-3H3,(H,10,12). The molecule has 4 heteroatoms. The van der Waals surface area contributed by atoms with Crippen LogP contribution in [-0.2, 0) is 6.42 Å². The molecule has 0 aliphatic carbocycles. The number of hydrogen-bond acceptors (Lipinski definition) is 3. The van der Waals surface area contributed by atoms with E-state index in [1.165, 1.54) is 0 Å². The fourth-order valence-corrected chi connectivity index (χ4v) is 0.919. The third kappa shape index (κ3) is 2.57. The Kier molecular flexibility index (Phi) is 3.06. The monoisotopic (exact) mass is 182 g/mol. The highest BCUT2D eigenvalue weighted by Crippen LogP contribution is 2.03.